The van der Waals surface area contributed by atoms with Gasteiger partial charge in [0.1, 0.15) is 11.5 Å². The lowest BCUT2D eigenvalue weighted by Gasteiger charge is -2.20. The average molecular weight is 575 g/mol. The lowest BCUT2D eigenvalue weighted by Crippen LogP contribution is -2.38. The molecule has 2 N–H and O–H groups in total. The largest absolute Gasteiger partial charge is 0.484 e. The van der Waals surface area contributed by atoms with Crippen molar-refractivity contribution >= 4 is 28.1 Å². The molecule has 11 heteroatoms. The quantitative estimate of drug-likeness (QED) is 0.184. The Bertz CT molecular complexity index is 1540. The van der Waals surface area contributed by atoms with Crippen LogP contribution in [-0.2, 0) is 26.2 Å². The molecule has 0 spiro atoms. The Morgan fingerprint density at radius 3 is 2.27 bits per heavy atom. The second-order valence-electron chi connectivity index (χ2n) is 9.02. The molecule has 0 saturated carbocycles. The standard InChI is InChI=1S/C30H30N4O6S/c1-23(25-9-4-2-5-10-25)32-30(36)22-40-26-16-14-24(15-17-26)19-31-33-29(35)21-34(20-27-11-8-18-39-27)41(37,38)28-12-6-3-7-13-28/h2-19,23H,20-22H2,1H3,(H,32,36)(H,33,35)/b31-19-/t23-/m1/s1. The van der Waals surface area contributed by atoms with E-state index in [0.717, 1.165) is 9.87 Å². The Kier molecular flexibility index (Phi) is 10.0. The maximum Gasteiger partial charge on any atom is 0.258 e. The lowest BCUT2D eigenvalue weighted by molar-refractivity contribution is -0.124. The first-order valence-electron chi connectivity index (χ1n) is 12.8. The fourth-order valence-corrected chi connectivity index (χ4v) is 5.21. The predicted octanol–water partition coefficient (Wildman–Crippen LogP) is 3.88. The van der Waals surface area contributed by atoms with Crippen molar-refractivity contribution in [3.05, 3.63) is 120 Å². The van der Waals surface area contributed by atoms with E-state index in [1.807, 2.05) is 37.3 Å². The molecule has 3 aromatic carbocycles. The third-order valence-corrected chi connectivity index (χ3v) is 7.75. The highest BCUT2D eigenvalue weighted by molar-refractivity contribution is 7.89. The molecule has 1 heterocycles. The number of sulfonamides is 1. The van der Waals surface area contributed by atoms with Crippen molar-refractivity contribution in [2.45, 2.75) is 24.4 Å². The van der Waals surface area contributed by atoms with Crippen molar-refractivity contribution in [3.63, 3.8) is 0 Å². The first-order valence-corrected chi connectivity index (χ1v) is 14.2. The fraction of sp³-hybridized carbons (Fsp3) is 0.167. The van der Waals surface area contributed by atoms with Crippen LogP contribution in [-0.4, -0.2) is 43.9 Å². The molecule has 1 atom stereocenters. The molecule has 0 fully saturated rings. The van der Waals surface area contributed by atoms with Crippen molar-refractivity contribution < 1.29 is 27.2 Å². The van der Waals surface area contributed by atoms with Crippen LogP contribution in [0.3, 0.4) is 0 Å². The van der Waals surface area contributed by atoms with E-state index in [-0.39, 0.29) is 30.0 Å². The molecule has 0 bridgehead atoms. The van der Waals surface area contributed by atoms with E-state index in [9.17, 15) is 18.0 Å². The number of ether oxygens (including phenoxy) is 1. The minimum atomic E-state index is -3.97. The van der Waals surface area contributed by atoms with Crippen LogP contribution in [0, 0.1) is 0 Å². The van der Waals surface area contributed by atoms with Gasteiger partial charge in [-0.15, -0.1) is 0 Å². The van der Waals surface area contributed by atoms with Gasteiger partial charge in [0.2, 0.25) is 10.0 Å². The van der Waals surface area contributed by atoms with Crippen LogP contribution in [0.5, 0.6) is 5.75 Å². The van der Waals surface area contributed by atoms with Gasteiger partial charge in [0.25, 0.3) is 11.8 Å². The molecular weight excluding hydrogens is 544 g/mol. The summed E-state index contributed by atoms with van der Waals surface area (Å²) in [6, 6.07) is 27.4. The van der Waals surface area contributed by atoms with Crippen LogP contribution in [0.1, 0.15) is 29.9 Å². The minimum absolute atomic E-state index is 0.0633. The second kappa shape index (κ2) is 14.1. The molecule has 0 aliphatic heterocycles. The number of amides is 2. The van der Waals surface area contributed by atoms with Gasteiger partial charge in [-0.05, 0) is 66.6 Å². The zero-order valence-electron chi connectivity index (χ0n) is 22.3. The molecule has 4 aromatic rings. The highest BCUT2D eigenvalue weighted by atomic mass is 32.2. The topological polar surface area (TPSA) is 130 Å². The number of nitrogens with one attached hydrogen (secondary N) is 2. The van der Waals surface area contributed by atoms with E-state index in [1.54, 1.807) is 54.6 Å². The zero-order valence-corrected chi connectivity index (χ0v) is 23.2. The average Bonchev–Trinajstić information content (AvgIpc) is 3.50. The Morgan fingerprint density at radius 2 is 1.61 bits per heavy atom. The molecular formula is C30H30N4O6S. The Morgan fingerprint density at radius 1 is 0.927 bits per heavy atom. The number of hydrogen-bond donors (Lipinski definition) is 2. The summed E-state index contributed by atoms with van der Waals surface area (Å²) in [6.45, 7) is 1.18. The zero-order chi connectivity index (χ0) is 29.1. The number of carbonyl (C=O) groups excluding carboxylic acids is 2. The van der Waals surface area contributed by atoms with Crippen LogP contribution < -0.4 is 15.5 Å². The maximum atomic E-state index is 13.2. The summed E-state index contributed by atoms with van der Waals surface area (Å²) in [6.07, 6.45) is 2.85. The molecule has 4 rings (SSSR count). The molecule has 0 aliphatic rings. The van der Waals surface area contributed by atoms with Gasteiger partial charge in [-0.2, -0.15) is 9.41 Å². The van der Waals surface area contributed by atoms with Gasteiger partial charge in [0.05, 0.1) is 36.5 Å². The first kappa shape index (κ1) is 29.2. The third-order valence-electron chi connectivity index (χ3n) is 5.94. The number of carbonyl (C=O) groups is 2. The Labute approximate surface area is 238 Å². The van der Waals surface area contributed by atoms with Gasteiger partial charge >= 0.3 is 0 Å². The molecule has 0 saturated heterocycles. The van der Waals surface area contributed by atoms with E-state index in [4.69, 9.17) is 9.15 Å². The molecule has 1 aromatic heterocycles. The molecule has 2 amide bonds. The van der Waals surface area contributed by atoms with Gasteiger partial charge < -0.3 is 14.5 Å². The minimum Gasteiger partial charge on any atom is -0.484 e. The van der Waals surface area contributed by atoms with E-state index in [2.05, 4.69) is 15.8 Å². The summed E-state index contributed by atoms with van der Waals surface area (Å²) in [5.74, 6) is 0.0211. The normalized spacial score (nSPS) is 12.2. The van der Waals surface area contributed by atoms with Crippen LogP contribution in [0.25, 0.3) is 0 Å². The number of furan rings is 1. The van der Waals surface area contributed by atoms with Gasteiger partial charge in [-0.25, -0.2) is 13.8 Å². The second-order valence-corrected chi connectivity index (χ2v) is 11.0. The number of nitrogens with zero attached hydrogens (tertiary/aromatic N) is 2. The van der Waals surface area contributed by atoms with Gasteiger partial charge in [-0.3, -0.25) is 9.59 Å². The van der Waals surface area contributed by atoms with E-state index < -0.39 is 22.5 Å². The number of hydrazone groups is 1. The molecule has 0 radical (unpaired) electrons. The van der Waals surface area contributed by atoms with Gasteiger partial charge in [0, 0.05) is 0 Å². The fourth-order valence-electron chi connectivity index (χ4n) is 3.83. The van der Waals surface area contributed by atoms with Gasteiger partial charge in [-0.1, -0.05) is 48.5 Å². The summed E-state index contributed by atoms with van der Waals surface area (Å²) in [7, 11) is -3.97. The summed E-state index contributed by atoms with van der Waals surface area (Å²) < 4.78 is 38.2. The summed E-state index contributed by atoms with van der Waals surface area (Å²) in [5, 5.41) is 6.83. The summed E-state index contributed by atoms with van der Waals surface area (Å²) in [5.41, 5.74) is 4.02. The number of rotatable bonds is 13. The van der Waals surface area contributed by atoms with Crippen molar-refractivity contribution in [3.8, 4) is 5.75 Å². The maximum absolute atomic E-state index is 13.2. The summed E-state index contributed by atoms with van der Waals surface area (Å²) in [4.78, 5) is 24.9. The van der Waals surface area contributed by atoms with Gasteiger partial charge in [0.15, 0.2) is 6.61 Å². The van der Waals surface area contributed by atoms with Crippen molar-refractivity contribution in [1.82, 2.24) is 15.0 Å². The van der Waals surface area contributed by atoms with Crippen molar-refractivity contribution in [2.75, 3.05) is 13.2 Å². The van der Waals surface area contributed by atoms with Crippen molar-refractivity contribution in [2.24, 2.45) is 5.10 Å². The van der Waals surface area contributed by atoms with Crippen LogP contribution in [0.2, 0.25) is 0 Å². The first-order chi connectivity index (χ1) is 19.8. The summed E-state index contributed by atoms with van der Waals surface area (Å²) >= 11 is 0. The van der Waals surface area contributed by atoms with Crippen molar-refractivity contribution in [1.29, 1.82) is 0 Å². The molecule has 0 unspecified atom stereocenters. The highest BCUT2D eigenvalue weighted by Crippen LogP contribution is 2.18. The lowest BCUT2D eigenvalue weighted by atomic mass is 10.1. The Balaban J connectivity index is 1.28. The number of benzene rings is 3. The molecule has 0 aliphatic carbocycles. The predicted molar refractivity (Wildman–Crippen MR) is 153 cm³/mol. The molecule has 212 valence electrons. The Hall–Kier alpha value is -4.74. The van der Waals surface area contributed by atoms with E-state index in [0.29, 0.717) is 17.1 Å². The van der Waals surface area contributed by atoms with E-state index >= 15 is 0 Å². The van der Waals surface area contributed by atoms with Crippen LogP contribution in [0.15, 0.2) is 118 Å². The third kappa shape index (κ3) is 8.62. The highest BCUT2D eigenvalue weighted by Gasteiger charge is 2.27. The SMILES string of the molecule is C[C@@H](NC(=O)COc1ccc(/C=N\NC(=O)CN(Cc2ccco2)S(=O)(=O)c2ccccc2)cc1)c1ccccc1. The smallest absolute Gasteiger partial charge is 0.258 e. The van der Waals surface area contributed by atoms with Crippen LogP contribution in [0.4, 0.5) is 0 Å². The number of hydrogen-bond acceptors (Lipinski definition) is 7. The molecule has 41 heavy (non-hydrogen) atoms. The monoisotopic (exact) mass is 574 g/mol. The molecule has 10 nitrogen and oxygen atoms in total. The van der Waals surface area contributed by atoms with Crippen LogP contribution >= 0.6 is 0 Å². The van der Waals surface area contributed by atoms with E-state index in [1.165, 1.54) is 24.6 Å².